The number of nitrogens with one attached hydrogen (secondary N) is 1. The SMILES string of the molecule is CC(C)c1cccc(C(C)C)c1N1C(=O)c2cc(Br)c3c4c(c(Br)cc(c24)C1=O)C(=O)N(c1c(C(C)C)cccc1C(C)C)C3=O.O=C1CC(=O)c2c(Br)c(Br)c3c4c(c(Br)c(Br)c1c24)C(=O)NC3=O. The first kappa shape index (κ1) is 50.4. The Bertz CT molecular complexity index is 3250. The van der Waals surface area contributed by atoms with Crippen LogP contribution in [0, 0.1) is 0 Å². The molecular formula is C53H39Br6N3O8. The molecule has 1 aliphatic carbocycles. The van der Waals surface area contributed by atoms with Gasteiger partial charge >= 0.3 is 0 Å². The van der Waals surface area contributed by atoms with Crippen LogP contribution in [0.4, 0.5) is 11.4 Å². The monoisotopic (exact) mass is 1320 g/mol. The van der Waals surface area contributed by atoms with E-state index < -0.39 is 35.4 Å². The molecule has 70 heavy (non-hydrogen) atoms. The van der Waals surface area contributed by atoms with Gasteiger partial charge in [-0.15, -0.1) is 0 Å². The second-order valence-corrected chi connectivity index (χ2v) is 23.6. The number of halogens is 6. The first-order valence-electron chi connectivity index (χ1n) is 22.2. The Hall–Kier alpha value is -4.52. The Morgan fingerprint density at radius 3 is 1.06 bits per heavy atom. The summed E-state index contributed by atoms with van der Waals surface area (Å²) in [5.41, 5.74) is 6.81. The maximum atomic E-state index is 14.6. The lowest BCUT2D eigenvalue weighted by Crippen LogP contribution is -2.45. The standard InChI is InChI=1S/C38H36Br2N2O4.C15H3Br4NO4/c1-17(2)21-11-9-12-22(18(3)4)33(21)41-35(43)25-15-27(39)30-32-29(25)26(36(41)44)16-28(40)31(32)38(46)42(37(30)45)34-23(19(5)6)13-10-14-24(34)20(7)8;16-10-4-2(21)1-3(22)5-6(4)7-8(12(10)18)14(23)20-15(24)9(7)13(19)11(5)17/h9-20H,1-8H3;1H2,(H,20,23,24). The Morgan fingerprint density at radius 2 is 0.714 bits per heavy atom. The van der Waals surface area contributed by atoms with Gasteiger partial charge in [0.25, 0.3) is 35.4 Å². The number of para-hydroxylation sites is 2. The summed E-state index contributed by atoms with van der Waals surface area (Å²) in [7, 11) is 0. The molecule has 4 aliphatic rings. The van der Waals surface area contributed by atoms with Crippen molar-refractivity contribution in [2.45, 2.75) is 85.5 Å². The fourth-order valence-corrected chi connectivity index (χ4v) is 13.6. The van der Waals surface area contributed by atoms with Crippen LogP contribution in [0.25, 0.3) is 21.5 Å². The van der Waals surface area contributed by atoms with Gasteiger partial charge < -0.3 is 0 Å². The number of hydrogen-bond donors (Lipinski definition) is 1. The predicted octanol–water partition coefficient (Wildman–Crippen LogP) is 15.0. The molecule has 0 radical (unpaired) electrons. The molecule has 0 fully saturated rings. The predicted molar refractivity (Wildman–Crippen MR) is 291 cm³/mol. The summed E-state index contributed by atoms with van der Waals surface area (Å²) < 4.78 is 2.32. The van der Waals surface area contributed by atoms with Crippen molar-refractivity contribution in [3.05, 3.63) is 142 Å². The van der Waals surface area contributed by atoms with Crippen LogP contribution in [0.2, 0.25) is 0 Å². The molecule has 0 saturated carbocycles. The minimum atomic E-state index is -0.586. The highest BCUT2D eigenvalue weighted by molar-refractivity contribution is 9.13. The van der Waals surface area contributed by atoms with Crippen LogP contribution in [0.15, 0.2) is 75.4 Å². The number of anilines is 2. The number of hydrogen-bond acceptors (Lipinski definition) is 8. The van der Waals surface area contributed by atoms with Crippen LogP contribution in [0.5, 0.6) is 0 Å². The molecule has 6 aromatic carbocycles. The molecule has 3 heterocycles. The van der Waals surface area contributed by atoms with Crippen molar-refractivity contribution in [3.8, 4) is 0 Å². The summed E-state index contributed by atoms with van der Waals surface area (Å²) in [6, 6.07) is 15.0. The smallest absolute Gasteiger partial charge is 0.267 e. The number of nitrogens with zero attached hydrogens (tertiary/aromatic N) is 2. The summed E-state index contributed by atoms with van der Waals surface area (Å²) >= 11 is 20.6. The molecule has 10 rings (SSSR count). The molecule has 1 N–H and O–H groups in total. The van der Waals surface area contributed by atoms with Crippen LogP contribution < -0.4 is 15.1 Å². The van der Waals surface area contributed by atoms with Crippen LogP contribution in [0.3, 0.4) is 0 Å². The molecule has 6 aromatic rings. The number of ketones is 2. The van der Waals surface area contributed by atoms with Crippen molar-refractivity contribution in [2.24, 2.45) is 0 Å². The fourth-order valence-electron chi connectivity index (χ4n) is 10.0. The molecule has 11 nitrogen and oxygen atoms in total. The molecular weight excluding hydrogens is 1290 g/mol. The lowest BCUT2D eigenvalue weighted by Gasteiger charge is -2.36. The van der Waals surface area contributed by atoms with E-state index in [1.54, 1.807) is 12.1 Å². The van der Waals surface area contributed by atoms with E-state index in [9.17, 15) is 38.4 Å². The quantitative estimate of drug-likeness (QED) is 0.128. The lowest BCUT2D eigenvalue weighted by molar-refractivity contribution is 0.0832. The van der Waals surface area contributed by atoms with Crippen LogP contribution in [0.1, 0.15) is 191 Å². The minimum Gasteiger partial charge on any atom is -0.294 e. The third-order valence-corrected chi connectivity index (χ3v) is 18.7. The zero-order valence-electron chi connectivity index (χ0n) is 38.6. The van der Waals surface area contributed by atoms with E-state index in [-0.39, 0.29) is 75.0 Å². The van der Waals surface area contributed by atoms with Crippen molar-refractivity contribution >= 4 is 176 Å². The number of amides is 6. The van der Waals surface area contributed by atoms with E-state index >= 15 is 0 Å². The lowest BCUT2D eigenvalue weighted by atomic mass is 9.82. The van der Waals surface area contributed by atoms with E-state index in [4.69, 9.17) is 0 Å². The number of rotatable bonds is 6. The van der Waals surface area contributed by atoms with E-state index in [0.717, 1.165) is 22.3 Å². The van der Waals surface area contributed by atoms with E-state index in [1.165, 1.54) is 9.80 Å². The van der Waals surface area contributed by atoms with Crippen LogP contribution >= 0.6 is 95.6 Å². The first-order valence-corrected chi connectivity index (χ1v) is 27.0. The minimum absolute atomic E-state index is 0.0450. The van der Waals surface area contributed by atoms with Crippen molar-refractivity contribution in [3.63, 3.8) is 0 Å². The second-order valence-electron chi connectivity index (χ2n) is 18.7. The zero-order valence-corrected chi connectivity index (χ0v) is 48.1. The normalized spacial score (nSPS) is 15.2. The highest BCUT2D eigenvalue weighted by Crippen LogP contribution is 2.51. The Balaban J connectivity index is 0.000000212. The van der Waals surface area contributed by atoms with Gasteiger partial charge in [0.1, 0.15) is 0 Å². The summed E-state index contributed by atoms with van der Waals surface area (Å²) in [4.78, 5) is 110. The topological polar surface area (TPSA) is 155 Å². The largest absolute Gasteiger partial charge is 0.294 e. The molecule has 6 amide bonds. The van der Waals surface area contributed by atoms with Gasteiger partial charge in [-0.2, -0.15) is 0 Å². The molecule has 0 atom stereocenters. The molecule has 17 heteroatoms. The van der Waals surface area contributed by atoms with E-state index in [2.05, 4.69) is 101 Å². The van der Waals surface area contributed by atoms with Crippen LogP contribution in [-0.2, 0) is 0 Å². The molecule has 0 bridgehead atoms. The summed E-state index contributed by atoms with van der Waals surface area (Å²) in [6.07, 6.45) is -0.267. The number of benzene rings is 6. The number of imide groups is 3. The van der Waals surface area contributed by atoms with Gasteiger partial charge in [-0.3, -0.25) is 43.7 Å². The van der Waals surface area contributed by atoms with Gasteiger partial charge in [0.05, 0.1) is 51.2 Å². The number of Topliss-reactive ketones (excluding diaryl/α,β-unsaturated/α-hetero) is 2. The van der Waals surface area contributed by atoms with Gasteiger partial charge in [0, 0.05) is 59.5 Å². The number of carbonyl (C=O) groups excluding carboxylic acids is 8. The Labute approximate surface area is 452 Å². The average Bonchev–Trinajstić information content (AvgIpc) is 3.28. The molecule has 0 spiro atoms. The highest BCUT2D eigenvalue weighted by atomic mass is 79.9. The maximum absolute atomic E-state index is 14.6. The second kappa shape index (κ2) is 18.2. The molecule has 356 valence electrons. The van der Waals surface area contributed by atoms with Crippen molar-refractivity contribution in [1.82, 2.24) is 5.32 Å². The Morgan fingerprint density at radius 1 is 0.414 bits per heavy atom. The molecule has 3 aliphatic heterocycles. The van der Waals surface area contributed by atoms with Gasteiger partial charge in [-0.25, -0.2) is 9.80 Å². The molecule has 0 saturated heterocycles. The fraction of sp³-hybridized carbons (Fsp3) is 0.245. The van der Waals surface area contributed by atoms with E-state index in [1.807, 2.05) is 91.8 Å². The van der Waals surface area contributed by atoms with Gasteiger partial charge in [-0.1, -0.05) is 91.8 Å². The van der Waals surface area contributed by atoms with Gasteiger partial charge in [0.2, 0.25) is 0 Å². The maximum Gasteiger partial charge on any atom is 0.267 e. The number of carbonyl (C=O) groups is 8. The summed E-state index contributed by atoms with van der Waals surface area (Å²) in [5, 5.41) is 3.56. The van der Waals surface area contributed by atoms with Crippen molar-refractivity contribution < 1.29 is 38.4 Å². The van der Waals surface area contributed by atoms with Crippen molar-refractivity contribution in [2.75, 3.05) is 9.80 Å². The highest BCUT2D eigenvalue weighted by Gasteiger charge is 2.46. The first-order chi connectivity index (χ1) is 32.9. The summed E-state index contributed by atoms with van der Waals surface area (Å²) in [6.45, 7) is 16.3. The summed E-state index contributed by atoms with van der Waals surface area (Å²) in [5.74, 6) is -3.65. The third kappa shape index (κ3) is 7.36. The average molecular weight is 1330 g/mol. The molecule has 0 aromatic heterocycles. The zero-order chi connectivity index (χ0) is 51.0. The molecule has 0 unspecified atom stereocenters. The van der Waals surface area contributed by atoms with Gasteiger partial charge in [-0.05, 0) is 154 Å². The third-order valence-electron chi connectivity index (χ3n) is 13.2. The van der Waals surface area contributed by atoms with Gasteiger partial charge in [0.15, 0.2) is 11.6 Å². The van der Waals surface area contributed by atoms with Crippen molar-refractivity contribution in [1.29, 1.82) is 0 Å². The van der Waals surface area contributed by atoms with E-state index in [0.29, 0.717) is 70.9 Å². The Kier molecular flexibility index (Phi) is 13.1. The van der Waals surface area contributed by atoms with Crippen LogP contribution in [-0.4, -0.2) is 47.0 Å².